The molecule has 1 aliphatic rings. The average molecular weight is 285 g/mol. The van der Waals surface area contributed by atoms with Gasteiger partial charge in [-0.1, -0.05) is 18.2 Å². The lowest BCUT2D eigenvalue weighted by atomic mass is 10.1. The lowest BCUT2D eigenvalue weighted by Crippen LogP contribution is -2.24. The van der Waals surface area contributed by atoms with Gasteiger partial charge < -0.3 is 10.1 Å². The fourth-order valence-corrected chi connectivity index (χ4v) is 2.39. The van der Waals surface area contributed by atoms with Crippen LogP contribution in [0.15, 0.2) is 36.5 Å². The average Bonchev–Trinajstić information content (AvgIpc) is 2.89. The van der Waals surface area contributed by atoms with Crippen LogP contribution in [0, 0.1) is 17.0 Å². The first-order chi connectivity index (χ1) is 10.1. The number of hydrogen-bond donors (Lipinski definition) is 1. The van der Waals surface area contributed by atoms with Gasteiger partial charge in [-0.2, -0.15) is 0 Å². The lowest BCUT2D eigenvalue weighted by molar-refractivity contribution is -0.385. The standard InChI is InChI=1S/C15H15N3O3/c1-10-8-16-15(7-13(10)18(19)20)17-9-12-6-11-4-2-3-5-14(11)21-12/h2-5,7-8,12H,6,9H2,1H3,(H,16,17). The first-order valence-electron chi connectivity index (χ1n) is 6.73. The number of aryl methyl sites for hydroxylation is 1. The van der Waals surface area contributed by atoms with Gasteiger partial charge in [0.25, 0.3) is 5.69 Å². The Bertz CT molecular complexity index is 663. The van der Waals surface area contributed by atoms with E-state index < -0.39 is 4.92 Å². The molecule has 108 valence electrons. The SMILES string of the molecule is Cc1cnc(NCC2Cc3ccccc3O2)cc1[N+](=O)[O-]. The van der Waals surface area contributed by atoms with Gasteiger partial charge in [-0.05, 0) is 18.6 Å². The molecule has 1 aromatic heterocycles. The van der Waals surface area contributed by atoms with Crippen LogP contribution < -0.4 is 10.1 Å². The first kappa shape index (κ1) is 13.4. The van der Waals surface area contributed by atoms with Crippen molar-refractivity contribution in [1.29, 1.82) is 0 Å². The monoisotopic (exact) mass is 285 g/mol. The van der Waals surface area contributed by atoms with Crippen LogP contribution in [-0.4, -0.2) is 22.6 Å². The first-order valence-corrected chi connectivity index (χ1v) is 6.73. The molecule has 0 saturated carbocycles. The predicted octanol–water partition coefficient (Wildman–Crippen LogP) is 2.71. The molecule has 0 radical (unpaired) electrons. The number of nitro groups is 1. The molecule has 3 rings (SSSR count). The Hall–Kier alpha value is -2.63. The second-order valence-electron chi connectivity index (χ2n) is 5.05. The summed E-state index contributed by atoms with van der Waals surface area (Å²) in [4.78, 5) is 14.7. The van der Waals surface area contributed by atoms with Crippen LogP contribution in [0.3, 0.4) is 0 Å². The minimum atomic E-state index is -0.399. The summed E-state index contributed by atoms with van der Waals surface area (Å²) in [5.41, 5.74) is 1.81. The molecule has 1 aromatic carbocycles. The summed E-state index contributed by atoms with van der Waals surface area (Å²) in [6.07, 6.45) is 2.35. The molecule has 6 heteroatoms. The van der Waals surface area contributed by atoms with Crippen molar-refractivity contribution in [2.24, 2.45) is 0 Å². The molecule has 0 aliphatic carbocycles. The zero-order valence-electron chi connectivity index (χ0n) is 11.6. The third-order valence-electron chi connectivity index (χ3n) is 3.50. The number of anilines is 1. The van der Waals surface area contributed by atoms with E-state index in [1.165, 1.54) is 17.8 Å². The number of aromatic nitrogens is 1. The van der Waals surface area contributed by atoms with Gasteiger partial charge in [0.2, 0.25) is 0 Å². The molecule has 1 unspecified atom stereocenters. The number of para-hydroxylation sites is 1. The van der Waals surface area contributed by atoms with Gasteiger partial charge in [0, 0.05) is 18.2 Å². The fourth-order valence-electron chi connectivity index (χ4n) is 2.39. The van der Waals surface area contributed by atoms with E-state index in [2.05, 4.69) is 10.3 Å². The predicted molar refractivity (Wildman–Crippen MR) is 78.7 cm³/mol. The quantitative estimate of drug-likeness (QED) is 0.690. The van der Waals surface area contributed by atoms with Crippen molar-refractivity contribution in [2.45, 2.75) is 19.4 Å². The molecule has 6 nitrogen and oxygen atoms in total. The second kappa shape index (κ2) is 5.40. The smallest absolute Gasteiger partial charge is 0.277 e. The summed E-state index contributed by atoms with van der Waals surface area (Å²) in [6, 6.07) is 9.38. The third kappa shape index (κ3) is 2.79. The Labute approximate surface area is 121 Å². The van der Waals surface area contributed by atoms with E-state index in [1.54, 1.807) is 6.92 Å². The molecule has 1 atom stereocenters. The van der Waals surface area contributed by atoms with Crippen LogP contribution >= 0.6 is 0 Å². The number of benzene rings is 1. The number of nitrogens with one attached hydrogen (secondary N) is 1. The van der Waals surface area contributed by atoms with Crippen LogP contribution in [0.2, 0.25) is 0 Å². The molecule has 0 spiro atoms. The number of pyridine rings is 1. The van der Waals surface area contributed by atoms with E-state index in [9.17, 15) is 10.1 Å². The van der Waals surface area contributed by atoms with E-state index in [1.807, 2.05) is 24.3 Å². The Morgan fingerprint density at radius 2 is 2.29 bits per heavy atom. The Morgan fingerprint density at radius 1 is 1.48 bits per heavy atom. The molecule has 2 heterocycles. The van der Waals surface area contributed by atoms with Gasteiger partial charge >= 0.3 is 0 Å². The van der Waals surface area contributed by atoms with Crippen molar-refractivity contribution >= 4 is 11.5 Å². The van der Waals surface area contributed by atoms with Crippen molar-refractivity contribution in [3.63, 3.8) is 0 Å². The number of fused-ring (bicyclic) bond motifs is 1. The summed E-state index contributed by atoms with van der Waals surface area (Å²) in [5, 5.41) is 14.0. The highest BCUT2D eigenvalue weighted by atomic mass is 16.6. The number of rotatable bonds is 4. The maximum Gasteiger partial charge on any atom is 0.277 e. The largest absolute Gasteiger partial charge is 0.488 e. The zero-order chi connectivity index (χ0) is 14.8. The van der Waals surface area contributed by atoms with Crippen molar-refractivity contribution in [1.82, 2.24) is 4.98 Å². The summed E-state index contributed by atoms with van der Waals surface area (Å²) < 4.78 is 5.81. The van der Waals surface area contributed by atoms with Gasteiger partial charge in [0.1, 0.15) is 17.7 Å². The van der Waals surface area contributed by atoms with Crippen molar-refractivity contribution in [3.05, 3.63) is 57.8 Å². The third-order valence-corrected chi connectivity index (χ3v) is 3.50. The number of hydrogen-bond acceptors (Lipinski definition) is 5. The van der Waals surface area contributed by atoms with Crippen LogP contribution in [0.25, 0.3) is 0 Å². The molecule has 1 N–H and O–H groups in total. The van der Waals surface area contributed by atoms with Crippen LogP contribution in [0.5, 0.6) is 5.75 Å². The van der Waals surface area contributed by atoms with Gasteiger partial charge in [-0.15, -0.1) is 0 Å². The van der Waals surface area contributed by atoms with Crippen LogP contribution in [-0.2, 0) is 6.42 Å². The van der Waals surface area contributed by atoms with Gasteiger partial charge in [-0.3, -0.25) is 10.1 Å². The number of nitrogens with zero attached hydrogens (tertiary/aromatic N) is 2. The van der Waals surface area contributed by atoms with Gasteiger partial charge in [0.05, 0.1) is 17.5 Å². The highest BCUT2D eigenvalue weighted by Gasteiger charge is 2.22. The van der Waals surface area contributed by atoms with Crippen LogP contribution in [0.1, 0.15) is 11.1 Å². The summed E-state index contributed by atoms with van der Waals surface area (Å²) in [6.45, 7) is 2.23. The minimum Gasteiger partial charge on any atom is -0.488 e. The summed E-state index contributed by atoms with van der Waals surface area (Å²) >= 11 is 0. The Balaban J connectivity index is 1.64. The molecule has 2 aromatic rings. The Morgan fingerprint density at radius 3 is 3.05 bits per heavy atom. The topological polar surface area (TPSA) is 77.3 Å². The highest BCUT2D eigenvalue weighted by Crippen LogP contribution is 2.28. The Kier molecular flexibility index (Phi) is 3.43. The molecule has 0 amide bonds. The summed E-state index contributed by atoms with van der Waals surface area (Å²) in [7, 11) is 0. The number of ether oxygens (including phenoxy) is 1. The van der Waals surface area contributed by atoms with E-state index in [4.69, 9.17) is 4.74 Å². The van der Waals surface area contributed by atoms with Gasteiger partial charge in [-0.25, -0.2) is 4.98 Å². The van der Waals surface area contributed by atoms with E-state index >= 15 is 0 Å². The molecule has 0 fully saturated rings. The van der Waals surface area contributed by atoms with E-state index in [0.29, 0.717) is 17.9 Å². The van der Waals surface area contributed by atoms with E-state index in [-0.39, 0.29) is 11.8 Å². The highest BCUT2D eigenvalue weighted by molar-refractivity contribution is 5.49. The van der Waals surface area contributed by atoms with Crippen molar-refractivity contribution < 1.29 is 9.66 Å². The zero-order valence-corrected chi connectivity index (χ0v) is 11.6. The summed E-state index contributed by atoms with van der Waals surface area (Å²) in [5.74, 6) is 1.40. The van der Waals surface area contributed by atoms with Crippen molar-refractivity contribution in [3.8, 4) is 5.75 Å². The molecular weight excluding hydrogens is 270 g/mol. The van der Waals surface area contributed by atoms with Gasteiger partial charge in [0.15, 0.2) is 0 Å². The molecule has 0 bridgehead atoms. The lowest BCUT2D eigenvalue weighted by Gasteiger charge is -2.12. The van der Waals surface area contributed by atoms with E-state index in [0.717, 1.165) is 12.2 Å². The molecule has 1 aliphatic heterocycles. The molecular formula is C15H15N3O3. The minimum absolute atomic E-state index is 0.0181. The van der Waals surface area contributed by atoms with Crippen molar-refractivity contribution in [2.75, 3.05) is 11.9 Å². The molecule has 21 heavy (non-hydrogen) atoms. The molecule has 0 saturated heterocycles. The maximum absolute atomic E-state index is 10.9. The fraction of sp³-hybridized carbons (Fsp3) is 0.267. The van der Waals surface area contributed by atoms with Crippen LogP contribution in [0.4, 0.5) is 11.5 Å². The normalized spacial score (nSPS) is 16.1. The maximum atomic E-state index is 10.9. The second-order valence-corrected chi connectivity index (χ2v) is 5.05.